The molecule has 0 saturated heterocycles. The molecule has 8 bridgehead atoms. The number of hydrogen-bond donors (Lipinski definition) is 6. The largest absolute Gasteiger partial charge is 0.481 e. The highest BCUT2D eigenvalue weighted by Crippen LogP contribution is 2.48. The molecule has 8 nitrogen and oxygen atoms in total. The number of carboxylic acid groups (broad SMARTS) is 2. The van der Waals surface area contributed by atoms with Gasteiger partial charge in [0.15, 0.2) is 0 Å². The van der Waals surface area contributed by atoms with Crippen molar-refractivity contribution in [2.45, 2.75) is 92.2 Å². The van der Waals surface area contributed by atoms with Crippen molar-refractivity contribution in [1.82, 2.24) is 20.6 Å². The van der Waals surface area contributed by atoms with Crippen LogP contribution in [-0.4, -0.2) is 43.2 Å². The number of fused-ring (bicyclic) bond motifs is 9. The van der Waals surface area contributed by atoms with Gasteiger partial charge in [-0.3, -0.25) is 9.59 Å². The van der Waals surface area contributed by atoms with Crippen molar-refractivity contribution < 1.29 is 19.8 Å². The number of hydrogen-bond acceptors (Lipinski definition) is 4. The maximum Gasteiger partial charge on any atom is 0.303 e. The lowest BCUT2D eigenvalue weighted by Gasteiger charge is -2.47. The van der Waals surface area contributed by atoms with Gasteiger partial charge in [-0.2, -0.15) is 0 Å². The zero-order chi connectivity index (χ0) is 30.0. The van der Waals surface area contributed by atoms with Crippen LogP contribution in [0.3, 0.4) is 0 Å². The van der Waals surface area contributed by atoms with Gasteiger partial charge in [-0.25, -0.2) is 0 Å². The summed E-state index contributed by atoms with van der Waals surface area (Å²) in [5, 5.41) is 28.5. The Labute approximate surface area is 241 Å². The summed E-state index contributed by atoms with van der Waals surface area (Å²) < 4.78 is 0. The molecule has 0 spiro atoms. The fraction of sp³-hybridized carbons (Fsp3) is 0.455. The van der Waals surface area contributed by atoms with E-state index in [1.807, 2.05) is 19.9 Å². The third-order valence-corrected chi connectivity index (χ3v) is 10.4. The fourth-order valence-corrected chi connectivity index (χ4v) is 6.99. The summed E-state index contributed by atoms with van der Waals surface area (Å²) in [6, 6.07) is 0. The van der Waals surface area contributed by atoms with Crippen LogP contribution in [0.25, 0.3) is 18.2 Å². The fourth-order valence-electron chi connectivity index (χ4n) is 6.99. The molecule has 2 aromatic rings. The van der Waals surface area contributed by atoms with E-state index in [0.717, 1.165) is 55.7 Å². The highest BCUT2D eigenvalue weighted by Gasteiger charge is 2.55. The Hall–Kier alpha value is -3.94. The first kappa shape index (κ1) is 28.6. The summed E-state index contributed by atoms with van der Waals surface area (Å²) in [6.07, 6.45) is 7.15. The molecule has 0 amide bonds. The second-order valence-corrected chi connectivity index (χ2v) is 12.4. The minimum Gasteiger partial charge on any atom is -0.481 e. The number of carboxylic acids is 2. The summed E-state index contributed by atoms with van der Waals surface area (Å²) in [6.45, 7) is 17.5. The van der Waals surface area contributed by atoms with Crippen LogP contribution in [0, 0.1) is 19.8 Å². The number of aromatic amines is 2. The van der Waals surface area contributed by atoms with E-state index in [2.05, 4.69) is 74.3 Å². The zero-order valence-corrected chi connectivity index (χ0v) is 25.3. The van der Waals surface area contributed by atoms with Crippen LogP contribution in [0.5, 0.6) is 0 Å². The Morgan fingerprint density at radius 3 is 2.07 bits per heavy atom. The van der Waals surface area contributed by atoms with Gasteiger partial charge in [0, 0.05) is 52.2 Å². The number of H-pyrrole nitrogens is 2. The number of aliphatic carboxylic acids is 2. The summed E-state index contributed by atoms with van der Waals surface area (Å²) in [5.41, 5.74) is 10.9. The maximum atomic E-state index is 11.5. The molecule has 41 heavy (non-hydrogen) atoms. The molecule has 0 aliphatic carbocycles. The van der Waals surface area contributed by atoms with E-state index in [9.17, 15) is 19.8 Å². The van der Waals surface area contributed by atoms with Crippen molar-refractivity contribution in [3.05, 3.63) is 72.5 Å². The predicted molar refractivity (Wildman–Crippen MR) is 162 cm³/mol. The number of carbonyl (C=O) groups is 2. The Kier molecular flexibility index (Phi) is 6.87. The Morgan fingerprint density at radius 2 is 1.44 bits per heavy atom. The first-order valence-electron chi connectivity index (χ1n) is 14.4. The monoisotopic (exact) mass is 558 g/mol. The van der Waals surface area contributed by atoms with E-state index in [1.165, 1.54) is 16.7 Å². The van der Waals surface area contributed by atoms with Crippen LogP contribution in [0.2, 0.25) is 0 Å². The first-order valence-corrected chi connectivity index (χ1v) is 14.4. The molecule has 0 radical (unpaired) electrons. The molecule has 2 aromatic heterocycles. The van der Waals surface area contributed by atoms with Crippen molar-refractivity contribution in [3.8, 4) is 0 Å². The molecule has 1 unspecified atom stereocenters. The van der Waals surface area contributed by atoms with Gasteiger partial charge < -0.3 is 30.8 Å². The third-order valence-electron chi connectivity index (χ3n) is 10.4. The van der Waals surface area contributed by atoms with Crippen LogP contribution >= 0.6 is 0 Å². The van der Waals surface area contributed by atoms with Crippen LogP contribution in [0.1, 0.15) is 88.0 Å². The maximum absolute atomic E-state index is 11.5. The molecule has 0 aromatic carbocycles. The van der Waals surface area contributed by atoms with Gasteiger partial charge in [0.05, 0.1) is 11.1 Å². The lowest BCUT2D eigenvalue weighted by Crippen LogP contribution is -2.65. The van der Waals surface area contributed by atoms with Gasteiger partial charge in [-0.15, -0.1) is 0 Å². The summed E-state index contributed by atoms with van der Waals surface area (Å²) >= 11 is 0. The minimum absolute atomic E-state index is 0.0217. The lowest BCUT2D eigenvalue weighted by molar-refractivity contribution is -0.138. The molecule has 6 N–H and O–H groups in total. The Bertz CT molecular complexity index is 1700. The van der Waals surface area contributed by atoms with E-state index >= 15 is 0 Å². The van der Waals surface area contributed by atoms with Crippen LogP contribution in [0.15, 0.2) is 28.1 Å². The van der Waals surface area contributed by atoms with Gasteiger partial charge in [0.1, 0.15) is 0 Å². The van der Waals surface area contributed by atoms with E-state index < -0.39 is 11.9 Å². The third kappa shape index (κ3) is 4.44. The van der Waals surface area contributed by atoms with Crippen molar-refractivity contribution in [3.63, 3.8) is 0 Å². The Balaban J connectivity index is 1.84. The van der Waals surface area contributed by atoms with Gasteiger partial charge in [0.25, 0.3) is 0 Å². The quantitative estimate of drug-likeness (QED) is 0.319. The zero-order valence-electron chi connectivity index (χ0n) is 25.3. The Morgan fingerprint density at radius 1 is 0.805 bits per heavy atom. The number of nitrogens with one attached hydrogen (secondary N) is 4. The van der Waals surface area contributed by atoms with E-state index in [1.54, 1.807) is 0 Å². The van der Waals surface area contributed by atoms with Gasteiger partial charge in [-0.1, -0.05) is 6.92 Å². The number of allylic oxidation sites excluding steroid dienone is 2. The molecule has 5 heterocycles. The van der Waals surface area contributed by atoms with Gasteiger partial charge >= 0.3 is 11.9 Å². The second-order valence-electron chi connectivity index (χ2n) is 12.4. The molecule has 3 atom stereocenters. The summed E-state index contributed by atoms with van der Waals surface area (Å²) in [4.78, 5) is 30.3. The van der Waals surface area contributed by atoms with Gasteiger partial charge in [-0.05, 0) is 119 Å². The van der Waals surface area contributed by atoms with E-state index in [4.69, 9.17) is 0 Å². The SMILES string of the molecule is CC1=C(C)[C@]2(C)N/C1=C\c1[nH]c(c(CCC(=O)O)c1C)/C=c1\[nH]/c(c(C)c1CCC(=O)O)=C\C1=C(C)C(C)[C@]2(C)N1. The molecule has 218 valence electrons. The molecular weight excluding hydrogens is 516 g/mol. The normalized spacial score (nSPS) is 28.0. The van der Waals surface area contributed by atoms with Crippen molar-refractivity contribution in [1.29, 1.82) is 0 Å². The molecule has 3 aliphatic heterocycles. The molecule has 0 fully saturated rings. The highest BCUT2D eigenvalue weighted by molar-refractivity contribution is 5.71. The van der Waals surface area contributed by atoms with Gasteiger partial charge in [0.2, 0.25) is 0 Å². The van der Waals surface area contributed by atoms with Crippen molar-refractivity contribution >= 4 is 30.2 Å². The average Bonchev–Trinajstić information content (AvgIpc) is 3.51. The first-order chi connectivity index (χ1) is 19.2. The van der Waals surface area contributed by atoms with E-state index in [-0.39, 0.29) is 29.8 Å². The van der Waals surface area contributed by atoms with Crippen LogP contribution < -0.4 is 21.3 Å². The highest BCUT2D eigenvalue weighted by atomic mass is 16.4. The minimum atomic E-state index is -0.843. The predicted octanol–water partition coefficient (Wildman–Crippen LogP) is 3.93. The average molecular weight is 559 g/mol. The summed E-state index contributed by atoms with van der Waals surface area (Å²) in [7, 11) is 0. The topological polar surface area (TPSA) is 130 Å². The molecule has 3 aliphatic rings. The number of aromatic nitrogens is 2. The van der Waals surface area contributed by atoms with Crippen LogP contribution in [-0.2, 0) is 22.4 Å². The molecular formula is C33H42N4O4. The molecule has 0 saturated carbocycles. The summed E-state index contributed by atoms with van der Waals surface area (Å²) in [5.74, 6) is -1.45. The van der Waals surface area contributed by atoms with Crippen LogP contribution in [0.4, 0.5) is 0 Å². The van der Waals surface area contributed by atoms with Crippen molar-refractivity contribution in [2.24, 2.45) is 5.92 Å². The smallest absolute Gasteiger partial charge is 0.303 e. The molecule has 5 rings (SSSR count). The molecule has 8 heteroatoms. The van der Waals surface area contributed by atoms with E-state index in [0.29, 0.717) is 12.8 Å². The lowest BCUT2D eigenvalue weighted by atomic mass is 9.68. The standard InChI is InChI=1S/C33H42N4O4/c1-16-20(5)32(7)33(8)21(6)17(2)27(37-33)14-25-19(4)23(10-12-31(40)41)29(35-25)15-28-22(9-11-30(38)39)18(3)24(34-28)13-26(16)36-32/h13-15,20,34-37H,9-12H2,1-8H3,(H,38,39)(H,40,41)/b24-13-,27-14-,28-15-/t20?,32-,33-/m0/s1. The number of rotatable bonds is 6. The second kappa shape index (κ2) is 9.86. The van der Waals surface area contributed by atoms with Crippen molar-refractivity contribution in [2.75, 3.05) is 0 Å².